The monoisotopic (exact) mass is 319 g/mol. The van der Waals surface area contributed by atoms with Crippen molar-refractivity contribution in [2.75, 3.05) is 0 Å². The Morgan fingerprint density at radius 2 is 1.32 bits per heavy atom. The molecule has 1 nitrogen and oxygen atoms in total. The maximum atomic E-state index is 12.7. The van der Waals surface area contributed by atoms with Gasteiger partial charge < -0.3 is 4.74 Å². The third-order valence-electron chi connectivity index (χ3n) is 2.74. The van der Waals surface area contributed by atoms with Gasteiger partial charge in [0.15, 0.2) is 0 Å². The first-order valence-electron chi connectivity index (χ1n) is 6.03. The Kier molecular flexibility index (Phi) is 4.35. The van der Waals surface area contributed by atoms with Gasteiger partial charge in [-0.25, -0.2) is 0 Å². The lowest BCUT2D eigenvalue weighted by Gasteiger charge is -2.14. The smallest absolute Gasteiger partial charge is 0.416 e. The molecule has 0 saturated carbocycles. The zero-order chi connectivity index (χ0) is 16.4. The summed E-state index contributed by atoms with van der Waals surface area (Å²) in [5, 5.41) is 0. The molecular formula is C15H9F6O. The van der Waals surface area contributed by atoms with E-state index in [2.05, 4.69) is 6.07 Å². The molecule has 2 aromatic rings. The standard InChI is InChI=1S/C15H9F6O/c16-14(17,18)11-6-10(7-12(8-11)15(19,20)21)9-22-13-4-2-1-3-5-13/h2-8H,9H2. The van der Waals surface area contributed by atoms with E-state index in [4.69, 9.17) is 4.74 Å². The van der Waals surface area contributed by atoms with Gasteiger partial charge in [0.1, 0.15) is 12.4 Å². The summed E-state index contributed by atoms with van der Waals surface area (Å²) in [7, 11) is 0. The van der Waals surface area contributed by atoms with Gasteiger partial charge in [0, 0.05) is 0 Å². The van der Waals surface area contributed by atoms with Crippen LogP contribution in [0.25, 0.3) is 0 Å². The summed E-state index contributed by atoms with van der Waals surface area (Å²) in [5.41, 5.74) is -2.93. The van der Waals surface area contributed by atoms with Crippen molar-refractivity contribution in [3.63, 3.8) is 0 Å². The SMILES string of the molecule is FC(F)(F)c1cc(COc2cc[c]cc2)cc(C(F)(F)F)c1. The summed E-state index contributed by atoms with van der Waals surface area (Å²) in [6.45, 7) is -0.406. The minimum absolute atomic E-state index is 0.0843. The van der Waals surface area contributed by atoms with Crippen LogP contribution in [-0.2, 0) is 19.0 Å². The fourth-order valence-corrected chi connectivity index (χ4v) is 1.74. The van der Waals surface area contributed by atoms with Crippen LogP contribution in [0.2, 0.25) is 0 Å². The van der Waals surface area contributed by atoms with Gasteiger partial charge in [0.2, 0.25) is 0 Å². The number of halogens is 6. The summed E-state index contributed by atoms with van der Waals surface area (Å²) in [6, 6.07) is 10.1. The maximum Gasteiger partial charge on any atom is 0.416 e. The zero-order valence-corrected chi connectivity index (χ0v) is 10.9. The summed E-state index contributed by atoms with van der Waals surface area (Å²) in [6.07, 6.45) is -9.73. The molecule has 0 aliphatic carbocycles. The fourth-order valence-electron chi connectivity index (χ4n) is 1.74. The average molecular weight is 319 g/mol. The van der Waals surface area contributed by atoms with Crippen LogP contribution in [-0.4, -0.2) is 0 Å². The molecular weight excluding hydrogens is 310 g/mol. The molecule has 0 unspecified atom stereocenters. The summed E-state index contributed by atoms with van der Waals surface area (Å²) < 4.78 is 81.3. The number of ether oxygens (including phenoxy) is 1. The normalized spacial score (nSPS) is 12.3. The Bertz CT molecular complexity index is 598. The molecule has 2 aromatic carbocycles. The van der Waals surface area contributed by atoms with Gasteiger partial charge in [-0.1, -0.05) is 12.1 Å². The Hall–Kier alpha value is -2.18. The van der Waals surface area contributed by atoms with Crippen LogP contribution in [0.5, 0.6) is 5.75 Å². The molecule has 1 radical (unpaired) electrons. The number of alkyl halides is 6. The predicted molar refractivity (Wildman–Crippen MR) is 66.1 cm³/mol. The van der Waals surface area contributed by atoms with Gasteiger partial charge >= 0.3 is 12.4 Å². The van der Waals surface area contributed by atoms with E-state index in [1.165, 1.54) is 24.3 Å². The third-order valence-corrected chi connectivity index (χ3v) is 2.74. The average Bonchev–Trinajstić information content (AvgIpc) is 2.44. The zero-order valence-electron chi connectivity index (χ0n) is 10.9. The lowest BCUT2D eigenvalue weighted by molar-refractivity contribution is -0.143. The van der Waals surface area contributed by atoms with Crippen molar-refractivity contribution in [2.24, 2.45) is 0 Å². The van der Waals surface area contributed by atoms with Crippen molar-refractivity contribution in [1.82, 2.24) is 0 Å². The molecule has 0 heterocycles. The number of benzene rings is 2. The molecule has 117 valence electrons. The van der Waals surface area contributed by atoms with Crippen LogP contribution in [0.4, 0.5) is 26.3 Å². The van der Waals surface area contributed by atoms with E-state index >= 15 is 0 Å². The minimum Gasteiger partial charge on any atom is -0.489 e. The molecule has 2 rings (SSSR count). The molecule has 0 aromatic heterocycles. The molecule has 7 heteroatoms. The van der Waals surface area contributed by atoms with Crippen molar-refractivity contribution in [1.29, 1.82) is 0 Å². The van der Waals surface area contributed by atoms with Crippen LogP contribution in [0, 0.1) is 6.07 Å². The Labute approximate surface area is 122 Å². The highest BCUT2D eigenvalue weighted by Gasteiger charge is 2.36. The van der Waals surface area contributed by atoms with E-state index in [1.54, 1.807) is 0 Å². The largest absolute Gasteiger partial charge is 0.489 e. The van der Waals surface area contributed by atoms with Gasteiger partial charge in [-0.3, -0.25) is 0 Å². The minimum atomic E-state index is -4.86. The highest BCUT2D eigenvalue weighted by molar-refractivity contribution is 5.33. The molecule has 0 saturated heterocycles. The van der Waals surface area contributed by atoms with Crippen molar-refractivity contribution in [3.8, 4) is 5.75 Å². The first kappa shape index (κ1) is 16.2. The molecule has 0 bridgehead atoms. The first-order chi connectivity index (χ1) is 10.2. The van der Waals surface area contributed by atoms with E-state index < -0.39 is 30.1 Å². The first-order valence-corrected chi connectivity index (χ1v) is 6.03. The molecule has 22 heavy (non-hydrogen) atoms. The Balaban J connectivity index is 2.30. The van der Waals surface area contributed by atoms with Crippen molar-refractivity contribution < 1.29 is 31.1 Å². The quantitative estimate of drug-likeness (QED) is 0.715. The van der Waals surface area contributed by atoms with Gasteiger partial charge in [-0.05, 0) is 42.0 Å². The van der Waals surface area contributed by atoms with E-state index in [1.807, 2.05) is 0 Å². The van der Waals surface area contributed by atoms with Gasteiger partial charge in [0.05, 0.1) is 11.1 Å². The summed E-state index contributed by atoms with van der Waals surface area (Å²) in [4.78, 5) is 0. The Morgan fingerprint density at radius 1 is 0.818 bits per heavy atom. The topological polar surface area (TPSA) is 9.23 Å². The second kappa shape index (κ2) is 5.90. The van der Waals surface area contributed by atoms with E-state index in [0.717, 1.165) is 0 Å². The molecule has 0 atom stereocenters. The third kappa shape index (κ3) is 4.16. The van der Waals surface area contributed by atoms with Gasteiger partial charge in [0.25, 0.3) is 0 Å². The highest BCUT2D eigenvalue weighted by Crippen LogP contribution is 2.36. The summed E-state index contributed by atoms with van der Waals surface area (Å²) in [5.74, 6) is 0.324. The second-order valence-electron chi connectivity index (χ2n) is 4.44. The van der Waals surface area contributed by atoms with Crippen LogP contribution in [0.15, 0.2) is 42.5 Å². The molecule has 0 aliphatic heterocycles. The number of hydrogen-bond donors (Lipinski definition) is 0. The van der Waals surface area contributed by atoms with Crippen molar-refractivity contribution in [2.45, 2.75) is 19.0 Å². The molecule has 0 spiro atoms. The number of rotatable bonds is 3. The second-order valence-corrected chi connectivity index (χ2v) is 4.44. The van der Waals surface area contributed by atoms with E-state index in [9.17, 15) is 26.3 Å². The van der Waals surface area contributed by atoms with E-state index in [0.29, 0.717) is 17.9 Å². The molecule has 0 aliphatic rings. The molecule has 0 amide bonds. The van der Waals surface area contributed by atoms with Crippen LogP contribution < -0.4 is 4.74 Å². The summed E-state index contributed by atoms with van der Waals surface area (Å²) >= 11 is 0. The lowest BCUT2D eigenvalue weighted by Crippen LogP contribution is -2.12. The van der Waals surface area contributed by atoms with Crippen LogP contribution in [0.1, 0.15) is 16.7 Å². The molecule has 0 fully saturated rings. The van der Waals surface area contributed by atoms with Crippen molar-refractivity contribution >= 4 is 0 Å². The predicted octanol–water partition coefficient (Wildman–Crippen LogP) is 5.10. The maximum absolute atomic E-state index is 12.7. The van der Waals surface area contributed by atoms with Gasteiger partial charge in [-0.2, -0.15) is 26.3 Å². The van der Waals surface area contributed by atoms with E-state index in [-0.39, 0.29) is 11.6 Å². The van der Waals surface area contributed by atoms with Crippen LogP contribution >= 0.6 is 0 Å². The number of hydrogen-bond acceptors (Lipinski definition) is 1. The highest BCUT2D eigenvalue weighted by atomic mass is 19.4. The molecule has 0 N–H and O–H groups in total. The Morgan fingerprint density at radius 3 is 1.77 bits per heavy atom. The van der Waals surface area contributed by atoms with Gasteiger partial charge in [-0.15, -0.1) is 0 Å². The lowest BCUT2D eigenvalue weighted by atomic mass is 10.1. The van der Waals surface area contributed by atoms with Crippen molar-refractivity contribution in [3.05, 3.63) is 65.2 Å². The fraction of sp³-hybridized carbons (Fsp3) is 0.200. The van der Waals surface area contributed by atoms with Crippen LogP contribution in [0.3, 0.4) is 0 Å².